The first-order valence-corrected chi connectivity index (χ1v) is 7.90. The number of rotatable bonds is 8. The summed E-state index contributed by atoms with van der Waals surface area (Å²) in [6.45, 7) is 9.82. The van der Waals surface area contributed by atoms with E-state index in [0.29, 0.717) is 31.5 Å². The lowest BCUT2D eigenvalue weighted by Gasteiger charge is -2.40. The van der Waals surface area contributed by atoms with Crippen LogP contribution in [0.15, 0.2) is 0 Å². The van der Waals surface area contributed by atoms with Gasteiger partial charge in [-0.25, -0.2) is 0 Å². The molecule has 6 nitrogen and oxygen atoms in total. The number of carbonyl (C=O) groups is 1. The lowest BCUT2D eigenvalue weighted by molar-refractivity contribution is -0.123. The van der Waals surface area contributed by atoms with Crippen molar-refractivity contribution in [1.29, 1.82) is 0 Å². The molecule has 0 saturated carbocycles. The summed E-state index contributed by atoms with van der Waals surface area (Å²) in [6, 6.07) is 0.390. The number of nitrogens with zero attached hydrogens (tertiary/aromatic N) is 2. The number of likely N-dealkylation sites (N-methyl/N-ethyl adjacent to an activating group) is 1. The van der Waals surface area contributed by atoms with Crippen LogP contribution in [-0.4, -0.2) is 81.3 Å². The van der Waals surface area contributed by atoms with Gasteiger partial charge in [0.15, 0.2) is 0 Å². The van der Waals surface area contributed by atoms with E-state index in [1.807, 2.05) is 0 Å². The summed E-state index contributed by atoms with van der Waals surface area (Å²) in [5.74, 6) is 0.536. The van der Waals surface area contributed by atoms with Crippen molar-refractivity contribution in [2.75, 3.05) is 53.4 Å². The number of hydrogen-bond donors (Lipinski definition) is 2. The molecule has 0 aromatic carbocycles. The Morgan fingerprint density at radius 2 is 1.90 bits per heavy atom. The van der Waals surface area contributed by atoms with E-state index in [0.717, 1.165) is 26.2 Å². The van der Waals surface area contributed by atoms with Gasteiger partial charge in [-0.05, 0) is 13.0 Å². The van der Waals surface area contributed by atoms with Crippen molar-refractivity contribution in [1.82, 2.24) is 15.1 Å². The molecule has 0 radical (unpaired) electrons. The number of amides is 1. The monoisotopic (exact) mass is 300 g/mol. The van der Waals surface area contributed by atoms with Gasteiger partial charge >= 0.3 is 0 Å². The predicted molar refractivity (Wildman–Crippen MR) is 85.2 cm³/mol. The summed E-state index contributed by atoms with van der Waals surface area (Å²) in [6.07, 6.45) is 0.145. The first-order valence-electron chi connectivity index (χ1n) is 7.90. The van der Waals surface area contributed by atoms with Crippen LogP contribution in [0.2, 0.25) is 0 Å². The van der Waals surface area contributed by atoms with E-state index in [4.69, 9.17) is 10.5 Å². The minimum Gasteiger partial charge on any atom is -0.380 e. The minimum absolute atomic E-state index is 0.0204. The number of carbonyl (C=O) groups excluding carboxylic acids is 1. The molecule has 2 atom stereocenters. The summed E-state index contributed by atoms with van der Waals surface area (Å²) in [4.78, 5) is 16.8. The molecule has 3 N–H and O–H groups in total. The summed E-state index contributed by atoms with van der Waals surface area (Å²) >= 11 is 0. The van der Waals surface area contributed by atoms with Crippen LogP contribution in [0.5, 0.6) is 0 Å². The smallest absolute Gasteiger partial charge is 0.222 e. The second kappa shape index (κ2) is 9.35. The Labute approximate surface area is 129 Å². The number of methoxy groups -OCH3 is 1. The van der Waals surface area contributed by atoms with Crippen molar-refractivity contribution in [2.24, 2.45) is 11.7 Å². The SMILES string of the molecule is COC(CN)CC(=O)NCC(C(C)C)N1CCN(C)CC1. The second-order valence-electron chi connectivity index (χ2n) is 6.25. The predicted octanol–water partition coefficient (Wildman–Crippen LogP) is -0.262. The van der Waals surface area contributed by atoms with Gasteiger partial charge in [0.25, 0.3) is 0 Å². The Hall–Kier alpha value is -0.690. The normalized spacial score (nSPS) is 20.5. The molecule has 0 bridgehead atoms. The van der Waals surface area contributed by atoms with Crippen LogP contribution in [0.1, 0.15) is 20.3 Å². The average Bonchev–Trinajstić information content (AvgIpc) is 2.46. The molecule has 0 aliphatic carbocycles. The maximum Gasteiger partial charge on any atom is 0.222 e. The zero-order chi connectivity index (χ0) is 15.8. The van der Waals surface area contributed by atoms with Crippen LogP contribution in [0.25, 0.3) is 0 Å². The van der Waals surface area contributed by atoms with Crippen LogP contribution in [0.3, 0.4) is 0 Å². The molecule has 1 amide bonds. The van der Waals surface area contributed by atoms with Crippen LogP contribution >= 0.6 is 0 Å². The van der Waals surface area contributed by atoms with Gasteiger partial charge in [0.05, 0.1) is 12.5 Å². The Kier molecular flexibility index (Phi) is 8.18. The van der Waals surface area contributed by atoms with Gasteiger partial charge in [-0.1, -0.05) is 13.8 Å². The summed E-state index contributed by atoms with van der Waals surface area (Å²) in [5, 5.41) is 3.04. The Bertz CT molecular complexity index is 300. The fraction of sp³-hybridized carbons (Fsp3) is 0.933. The molecule has 1 aliphatic rings. The van der Waals surface area contributed by atoms with Gasteiger partial charge in [-0.3, -0.25) is 9.69 Å². The minimum atomic E-state index is -0.189. The molecule has 2 unspecified atom stereocenters. The second-order valence-corrected chi connectivity index (χ2v) is 6.25. The van der Waals surface area contributed by atoms with Gasteiger partial charge in [-0.2, -0.15) is 0 Å². The van der Waals surface area contributed by atoms with Gasteiger partial charge < -0.3 is 20.7 Å². The van der Waals surface area contributed by atoms with Gasteiger partial charge in [0.1, 0.15) is 0 Å². The summed E-state index contributed by atoms with van der Waals surface area (Å²) in [7, 11) is 3.74. The van der Waals surface area contributed by atoms with Crippen LogP contribution < -0.4 is 11.1 Å². The van der Waals surface area contributed by atoms with E-state index in [-0.39, 0.29) is 12.0 Å². The van der Waals surface area contributed by atoms with Crippen molar-refractivity contribution in [3.63, 3.8) is 0 Å². The quantitative estimate of drug-likeness (QED) is 0.646. The molecule has 1 rings (SSSR count). The van der Waals surface area contributed by atoms with Crippen molar-refractivity contribution < 1.29 is 9.53 Å². The van der Waals surface area contributed by atoms with Gasteiger partial charge in [0.2, 0.25) is 5.91 Å². The molecule has 1 heterocycles. The molecule has 1 saturated heterocycles. The summed E-state index contributed by atoms with van der Waals surface area (Å²) < 4.78 is 5.15. The highest BCUT2D eigenvalue weighted by Crippen LogP contribution is 2.13. The molecule has 21 heavy (non-hydrogen) atoms. The van der Waals surface area contributed by atoms with E-state index in [1.54, 1.807) is 7.11 Å². The number of piperazine rings is 1. The molecular formula is C15H32N4O2. The topological polar surface area (TPSA) is 70.8 Å². The third-order valence-corrected chi connectivity index (χ3v) is 4.29. The maximum absolute atomic E-state index is 12.0. The number of ether oxygens (including phenoxy) is 1. The van der Waals surface area contributed by atoms with Crippen LogP contribution in [0.4, 0.5) is 0 Å². The largest absolute Gasteiger partial charge is 0.380 e. The first-order chi connectivity index (χ1) is 9.97. The zero-order valence-electron chi connectivity index (χ0n) is 14.0. The molecule has 1 aliphatic heterocycles. The number of hydrogen-bond acceptors (Lipinski definition) is 5. The highest BCUT2D eigenvalue weighted by atomic mass is 16.5. The molecule has 0 aromatic rings. The van der Waals surface area contributed by atoms with Crippen molar-refractivity contribution >= 4 is 5.91 Å². The van der Waals surface area contributed by atoms with E-state index >= 15 is 0 Å². The molecule has 6 heteroatoms. The van der Waals surface area contributed by atoms with Crippen LogP contribution in [-0.2, 0) is 9.53 Å². The van der Waals surface area contributed by atoms with Crippen molar-refractivity contribution in [3.8, 4) is 0 Å². The number of nitrogens with two attached hydrogens (primary N) is 1. The molecule has 124 valence electrons. The first kappa shape index (κ1) is 18.4. The average molecular weight is 300 g/mol. The van der Waals surface area contributed by atoms with E-state index in [1.165, 1.54) is 0 Å². The molecular weight excluding hydrogens is 268 g/mol. The Morgan fingerprint density at radius 1 is 1.29 bits per heavy atom. The van der Waals surface area contributed by atoms with Gasteiger partial charge in [-0.15, -0.1) is 0 Å². The molecule has 0 aromatic heterocycles. The van der Waals surface area contributed by atoms with Crippen LogP contribution in [0, 0.1) is 5.92 Å². The lowest BCUT2D eigenvalue weighted by Crippen LogP contribution is -2.54. The zero-order valence-corrected chi connectivity index (χ0v) is 14.0. The third-order valence-electron chi connectivity index (χ3n) is 4.29. The standard InChI is InChI=1S/C15H32N4O2/c1-12(2)14(19-7-5-18(3)6-8-19)11-17-15(20)9-13(10-16)21-4/h12-14H,5-11,16H2,1-4H3,(H,17,20). The highest BCUT2D eigenvalue weighted by molar-refractivity contribution is 5.76. The van der Waals surface area contributed by atoms with E-state index in [9.17, 15) is 4.79 Å². The van der Waals surface area contributed by atoms with E-state index < -0.39 is 0 Å². The Balaban J connectivity index is 2.42. The van der Waals surface area contributed by atoms with Crippen molar-refractivity contribution in [2.45, 2.75) is 32.4 Å². The lowest BCUT2D eigenvalue weighted by atomic mass is 10.0. The fourth-order valence-corrected chi connectivity index (χ4v) is 2.70. The number of nitrogens with one attached hydrogen (secondary N) is 1. The van der Waals surface area contributed by atoms with Gasteiger partial charge in [0, 0.05) is 52.4 Å². The summed E-state index contributed by atoms with van der Waals surface area (Å²) in [5.41, 5.74) is 5.55. The van der Waals surface area contributed by atoms with E-state index in [2.05, 4.69) is 36.0 Å². The molecule has 0 spiro atoms. The van der Waals surface area contributed by atoms with Crippen molar-refractivity contribution in [3.05, 3.63) is 0 Å². The Morgan fingerprint density at radius 3 is 2.38 bits per heavy atom. The maximum atomic E-state index is 12.0. The third kappa shape index (κ3) is 6.30. The molecule has 1 fully saturated rings. The highest BCUT2D eigenvalue weighted by Gasteiger charge is 2.25. The fourth-order valence-electron chi connectivity index (χ4n) is 2.70.